The van der Waals surface area contributed by atoms with Crippen molar-refractivity contribution in [1.82, 2.24) is 5.32 Å². The molecule has 2 N–H and O–H groups in total. The molecule has 3 nitrogen and oxygen atoms in total. The van der Waals surface area contributed by atoms with Gasteiger partial charge in [0, 0.05) is 17.1 Å². The van der Waals surface area contributed by atoms with E-state index in [1.807, 2.05) is 31.2 Å². The first-order chi connectivity index (χ1) is 8.08. The van der Waals surface area contributed by atoms with Gasteiger partial charge in [0.25, 0.3) is 0 Å². The molecule has 1 fully saturated rings. The third-order valence-corrected chi connectivity index (χ3v) is 3.68. The van der Waals surface area contributed by atoms with E-state index in [1.54, 1.807) is 0 Å². The van der Waals surface area contributed by atoms with Crippen LogP contribution in [0.15, 0.2) is 24.3 Å². The Morgan fingerprint density at radius 3 is 2.53 bits per heavy atom. The van der Waals surface area contributed by atoms with Crippen LogP contribution in [0.3, 0.4) is 0 Å². The van der Waals surface area contributed by atoms with Crippen LogP contribution in [-0.2, 0) is 4.79 Å². The van der Waals surface area contributed by atoms with Gasteiger partial charge in [-0.15, -0.1) is 0 Å². The number of halogens is 1. The van der Waals surface area contributed by atoms with Gasteiger partial charge in [-0.2, -0.15) is 0 Å². The number of hydrogen-bond donors (Lipinski definition) is 2. The summed E-state index contributed by atoms with van der Waals surface area (Å²) in [5, 5.41) is 13.0. The maximum absolute atomic E-state index is 10.9. The summed E-state index contributed by atoms with van der Waals surface area (Å²) >= 11 is 5.83. The lowest BCUT2D eigenvalue weighted by Crippen LogP contribution is -2.48. The van der Waals surface area contributed by atoms with Crippen LogP contribution in [-0.4, -0.2) is 17.1 Å². The van der Waals surface area contributed by atoms with Gasteiger partial charge in [-0.3, -0.25) is 4.79 Å². The molecule has 1 saturated carbocycles. The molecular formula is C13H16ClNO2. The summed E-state index contributed by atoms with van der Waals surface area (Å²) in [6.45, 7) is 2.04. The normalized spacial score (nSPS) is 25.1. The fraction of sp³-hybridized carbons (Fsp3) is 0.462. The Labute approximate surface area is 106 Å². The fourth-order valence-electron chi connectivity index (χ4n) is 2.16. The van der Waals surface area contributed by atoms with Crippen molar-refractivity contribution in [1.29, 1.82) is 0 Å². The fourth-order valence-corrected chi connectivity index (χ4v) is 2.29. The molecule has 0 aromatic heterocycles. The van der Waals surface area contributed by atoms with E-state index >= 15 is 0 Å². The Morgan fingerprint density at radius 2 is 2.06 bits per heavy atom. The molecular weight excluding hydrogens is 238 g/mol. The molecule has 2 unspecified atom stereocenters. The van der Waals surface area contributed by atoms with Crippen LogP contribution >= 0.6 is 11.6 Å². The van der Waals surface area contributed by atoms with Crippen molar-refractivity contribution in [3.63, 3.8) is 0 Å². The molecule has 0 aliphatic heterocycles. The van der Waals surface area contributed by atoms with Crippen molar-refractivity contribution in [3.8, 4) is 0 Å². The highest BCUT2D eigenvalue weighted by Gasteiger charge is 2.37. The molecule has 1 aromatic rings. The summed E-state index contributed by atoms with van der Waals surface area (Å²) in [5.74, 6) is -0.929. The van der Waals surface area contributed by atoms with E-state index in [1.165, 1.54) is 0 Å². The first-order valence-electron chi connectivity index (χ1n) is 5.82. The van der Waals surface area contributed by atoms with E-state index in [0.29, 0.717) is 5.02 Å². The van der Waals surface area contributed by atoms with Gasteiger partial charge >= 0.3 is 5.97 Å². The molecule has 0 saturated heterocycles. The summed E-state index contributed by atoms with van der Waals surface area (Å²) in [6.07, 6.45) is 1.72. The van der Waals surface area contributed by atoms with Gasteiger partial charge in [-0.1, -0.05) is 23.7 Å². The molecule has 92 valence electrons. The summed E-state index contributed by atoms with van der Waals surface area (Å²) < 4.78 is 0. The minimum absolute atomic E-state index is 0.0955. The average molecular weight is 254 g/mol. The highest BCUT2D eigenvalue weighted by Crippen LogP contribution is 2.30. The molecule has 1 aromatic carbocycles. The molecule has 1 aliphatic carbocycles. The van der Waals surface area contributed by atoms with Crippen LogP contribution in [0.25, 0.3) is 0 Å². The number of rotatable bonds is 4. The Morgan fingerprint density at radius 1 is 1.41 bits per heavy atom. The number of carboxylic acid groups (broad SMARTS) is 1. The first kappa shape index (κ1) is 12.4. The van der Waals surface area contributed by atoms with E-state index in [9.17, 15) is 4.79 Å². The smallest absolute Gasteiger partial charge is 0.308 e. The Hall–Kier alpha value is -1.06. The predicted octanol–water partition coefficient (Wildman–Crippen LogP) is 2.85. The standard InChI is InChI=1S/C13H16ClNO2/c1-8(9-2-4-10(14)5-3-9)15-12-7-6-11(12)13(16)17/h2-5,8,11-12,15H,6-7H2,1H3,(H,16,17)/t8-,11?,12?/m1/s1. The number of nitrogens with one attached hydrogen (secondary N) is 1. The van der Waals surface area contributed by atoms with Crippen molar-refractivity contribution in [2.24, 2.45) is 5.92 Å². The Balaban J connectivity index is 1.95. The third kappa shape index (κ3) is 2.79. The second kappa shape index (κ2) is 5.07. The summed E-state index contributed by atoms with van der Waals surface area (Å²) in [6, 6.07) is 7.88. The van der Waals surface area contributed by atoms with Gasteiger partial charge in [0.05, 0.1) is 5.92 Å². The molecule has 0 radical (unpaired) electrons. The molecule has 0 amide bonds. The molecule has 2 rings (SSSR count). The minimum atomic E-state index is -0.697. The van der Waals surface area contributed by atoms with E-state index in [2.05, 4.69) is 5.32 Å². The molecule has 0 bridgehead atoms. The predicted molar refractivity (Wildman–Crippen MR) is 67.2 cm³/mol. The molecule has 3 atom stereocenters. The van der Waals surface area contributed by atoms with Gasteiger partial charge in [-0.25, -0.2) is 0 Å². The summed E-state index contributed by atoms with van der Waals surface area (Å²) in [7, 11) is 0. The monoisotopic (exact) mass is 253 g/mol. The van der Waals surface area contributed by atoms with Crippen LogP contribution in [0.5, 0.6) is 0 Å². The lowest BCUT2D eigenvalue weighted by molar-refractivity contribution is -0.146. The van der Waals surface area contributed by atoms with Crippen molar-refractivity contribution in [3.05, 3.63) is 34.9 Å². The number of carboxylic acids is 1. The van der Waals surface area contributed by atoms with Gasteiger partial charge in [0.2, 0.25) is 0 Å². The van der Waals surface area contributed by atoms with Gasteiger partial charge in [-0.05, 0) is 37.5 Å². The van der Waals surface area contributed by atoms with Crippen LogP contribution < -0.4 is 5.32 Å². The van der Waals surface area contributed by atoms with Crippen molar-refractivity contribution < 1.29 is 9.90 Å². The van der Waals surface area contributed by atoms with E-state index in [0.717, 1.165) is 18.4 Å². The average Bonchev–Trinajstić information content (AvgIpc) is 2.24. The zero-order valence-electron chi connectivity index (χ0n) is 9.69. The number of benzene rings is 1. The third-order valence-electron chi connectivity index (χ3n) is 3.43. The quantitative estimate of drug-likeness (QED) is 0.868. The van der Waals surface area contributed by atoms with Crippen molar-refractivity contribution in [2.45, 2.75) is 31.8 Å². The largest absolute Gasteiger partial charge is 0.481 e. The van der Waals surface area contributed by atoms with Gasteiger partial charge < -0.3 is 10.4 Å². The maximum Gasteiger partial charge on any atom is 0.308 e. The summed E-state index contributed by atoms with van der Waals surface area (Å²) in [5.41, 5.74) is 1.13. The highest BCUT2D eigenvalue weighted by molar-refractivity contribution is 6.30. The Bertz CT molecular complexity index is 404. The summed E-state index contributed by atoms with van der Waals surface area (Å²) in [4.78, 5) is 10.9. The zero-order valence-corrected chi connectivity index (χ0v) is 10.4. The number of aliphatic carboxylic acids is 1. The molecule has 17 heavy (non-hydrogen) atoms. The van der Waals surface area contributed by atoms with E-state index in [4.69, 9.17) is 16.7 Å². The van der Waals surface area contributed by atoms with Crippen molar-refractivity contribution >= 4 is 17.6 Å². The SMILES string of the molecule is C[C@@H](NC1CCC1C(=O)O)c1ccc(Cl)cc1. The van der Waals surface area contributed by atoms with Crippen LogP contribution in [0.4, 0.5) is 0 Å². The topological polar surface area (TPSA) is 49.3 Å². The van der Waals surface area contributed by atoms with Crippen LogP contribution in [0, 0.1) is 5.92 Å². The number of carbonyl (C=O) groups is 1. The van der Waals surface area contributed by atoms with Crippen LogP contribution in [0.1, 0.15) is 31.4 Å². The first-order valence-corrected chi connectivity index (χ1v) is 6.20. The minimum Gasteiger partial charge on any atom is -0.481 e. The lowest BCUT2D eigenvalue weighted by atomic mass is 9.79. The zero-order chi connectivity index (χ0) is 12.4. The van der Waals surface area contributed by atoms with Gasteiger partial charge in [0.15, 0.2) is 0 Å². The van der Waals surface area contributed by atoms with E-state index in [-0.39, 0.29) is 18.0 Å². The second-order valence-electron chi connectivity index (χ2n) is 4.57. The maximum atomic E-state index is 10.9. The van der Waals surface area contributed by atoms with Crippen LogP contribution in [0.2, 0.25) is 5.02 Å². The molecule has 0 heterocycles. The second-order valence-corrected chi connectivity index (χ2v) is 5.00. The van der Waals surface area contributed by atoms with E-state index < -0.39 is 5.97 Å². The molecule has 0 spiro atoms. The molecule has 1 aliphatic rings. The highest BCUT2D eigenvalue weighted by atomic mass is 35.5. The molecule has 4 heteroatoms. The number of hydrogen-bond acceptors (Lipinski definition) is 2. The Kier molecular flexibility index (Phi) is 3.69. The van der Waals surface area contributed by atoms with Crippen molar-refractivity contribution in [2.75, 3.05) is 0 Å². The van der Waals surface area contributed by atoms with Gasteiger partial charge in [0.1, 0.15) is 0 Å². The lowest BCUT2D eigenvalue weighted by Gasteiger charge is -2.36.